The fraction of sp³-hybridized carbons (Fsp3) is 0.571. The van der Waals surface area contributed by atoms with E-state index >= 15 is 0 Å². The molecule has 26 heavy (non-hydrogen) atoms. The van der Waals surface area contributed by atoms with Crippen molar-refractivity contribution in [1.29, 1.82) is 0 Å². The van der Waals surface area contributed by atoms with Gasteiger partial charge in [0.25, 0.3) is 0 Å². The largest absolute Gasteiger partial charge is 0.302 e. The van der Waals surface area contributed by atoms with Gasteiger partial charge in [-0.15, -0.1) is 0 Å². The summed E-state index contributed by atoms with van der Waals surface area (Å²) in [5, 5.41) is 1.15. The van der Waals surface area contributed by atoms with Gasteiger partial charge in [-0.05, 0) is 57.5 Å². The van der Waals surface area contributed by atoms with Crippen molar-refractivity contribution in [3.8, 4) is 0 Å². The molecule has 1 aromatic carbocycles. The molecule has 5 nitrogen and oxygen atoms in total. The van der Waals surface area contributed by atoms with Gasteiger partial charge in [0.2, 0.25) is 5.91 Å². The molecule has 2 saturated heterocycles. The Hall–Kier alpha value is -1.85. The molecule has 0 bridgehead atoms. The van der Waals surface area contributed by atoms with Crippen LogP contribution >= 0.6 is 0 Å². The summed E-state index contributed by atoms with van der Waals surface area (Å²) >= 11 is 0. The van der Waals surface area contributed by atoms with Crippen LogP contribution in [0.5, 0.6) is 0 Å². The molecule has 0 spiro atoms. The van der Waals surface area contributed by atoms with E-state index in [0.717, 1.165) is 49.9 Å². The van der Waals surface area contributed by atoms with Gasteiger partial charge in [-0.25, -0.2) is 0 Å². The Morgan fingerprint density at radius 3 is 2.62 bits per heavy atom. The molecular formula is C21H30N4O. The number of aromatic nitrogens is 1. The van der Waals surface area contributed by atoms with Crippen molar-refractivity contribution in [3.05, 3.63) is 36.5 Å². The number of likely N-dealkylation sites (tertiary alicyclic amines) is 2. The molecule has 140 valence electrons. The summed E-state index contributed by atoms with van der Waals surface area (Å²) in [5.74, 6) is 0.236. The Balaban J connectivity index is 1.31. The predicted octanol–water partition coefficient (Wildman–Crippen LogP) is 2.91. The van der Waals surface area contributed by atoms with E-state index < -0.39 is 0 Å². The van der Waals surface area contributed by atoms with Crippen LogP contribution in [0.2, 0.25) is 0 Å². The first kappa shape index (κ1) is 17.6. The van der Waals surface area contributed by atoms with Crippen molar-refractivity contribution in [2.45, 2.75) is 32.1 Å². The van der Waals surface area contributed by atoms with E-state index in [1.807, 2.05) is 35.1 Å². The summed E-state index contributed by atoms with van der Waals surface area (Å²) < 4.78 is 1.87. The average molecular weight is 354 g/mol. The number of fused-ring (bicyclic) bond motifs is 1. The summed E-state index contributed by atoms with van der Waals surface area (Å²) in [5.41, 5.74) is 4.16. The second-order valence-corrected chi connectivity index (χ2v) is 7.76. The summed E-state index contributed by atoms with van der Waals surface area (Å²) in [6.07, 6.45) is 8.12. The summed E-state index contributed by atoms with van der Waals surface area (Å²) in [6, 6.07) is 10.2. The van der Waals surface area contributed by atoms with Crippen molar-refractivity contribution in [3.63, 3.8) is 0 Å². The lowest BCUT2D eigenvalue weighted by molar-refractivity contribution is -0.122. The van der Waals surface area contributed by atoms with Gasteiger partial charge in [0.15, 0.2) is 0 Å². The Morgan fingerprint density at radius 2 is 1.73 bits per heavy atom. The molecule has 1 atom stereocenters. The van der Waals surface area contributed by atoms with Crippen LogP contribution in [0, 0.1) is 5.92 Å². The van der Waals surface area contributed by atoms with Crippen LogP contribution in [0.4, 0.5) is 0 Å². The van der Waals surface area contributed by atoms with E-state index in [2.05, 4.69) is 21.3 Å². The average Bonchev–Trinajstić information content (AvgIpc) is 3.10. The van der Waals surface area contributed by atoms with Crippen LogP contribution in [0.25, 0.3) is 10.9 Å². The molecule has 2 aliphatic heterocycles. The molecule has 0 radical (unpaired) electrons. The lowest BCUT2D eigenvalue weighted by Crippen LogP contribution is -2.45. The zero-order valence-corrected chi connectivity index (χ0v) is 15.6. The SMILES string of the molecule is O=C(Nn1ccc2ccccc21)[C@@H]1CCCN(CCN2CCCCC2)C1. The Morgan fingerprint density at radius 1 is 0.962 bits per heavy atom. The number of para-hydroxylation sites is 1. The van der Waals surface area contributed by atoms with Crippen molar-refractivity contribution in [2.24, 2.45) is 5.92 Å². The molecule has 4 rings (SSSR count). The zero-order valence-electron chi connectivity index (χ0n) is 15.6. The molecule has 3 heterocycles. The second-order valence-electron chi connectivity index (χ2n) is 7.76. The lowest BCUT2D eigenvalue weighted by Gasteiger charge is -2.34. The standard InChI is InChI=1S/C21H30N4O/c26-21(22-25-14-10-18-7-2-3-9-20(18)25)19-8-6-13-24(17-19)16-15-23-11-4-1-5-12-23/h2-3,7,9-10,14,19H,1,4-6,8,11-13,15-17H2,(H,22,26)/t19-/m1/s1. The molecular weight excluding hydrogens is 324 g/mol. The number of carbonyl (C=O) groups excluding carboxylic acids is 1. The molecule has 0 unspecified atom stereocenters. The highest BCUT2D eigenvalue weighted by Crippen LogP contribution is 2.19. The molecule has 2 aromatic rings. The number of amides is 1. The number of piperidine rings is 2. The first-order valence-corrected chi connectivity index (χ1v) is 10.1. The van der Waals surface area contributed by atoms with Gasteiger partial charge in [0.05, 0.1) is 11.4 Å². The maximum Gasteiger partial charge on any atom is 0.243 e. The van der Waals surface area contributed by atoms with Crippen LogP contribution in [-0.4, -0.2) is 59.7 Å². The molecule has 1 N–H and O–H groups in total. The molecule has 5 heteroatoms. The maximum absolute atomic E-state index is 12.8. The Kier molecular flexibility index (Phi) is 5.56. The van der Waals surface area contributed by atoms with Gasteiger partial charge in [-0.2, -0.15) is 0 Å². The van der Waals surface area contributed by atoms with E-state index in [1.54, 1.807) is 0 Å². The summed E-state index contributed by atoms with van der Waals surface area (Å²) in [7, 11) is 0. The highest BCUT2D eigenvalue weighted by Gasteiger charge is 2.26. The fourth-order valence-electron chi connectivity index (χ4n) is 4.33. The monoisotopic (exact) mass is 354 g/mol. The molecule has 0 saturated carbocycles. The zero-order chi connectivity index (χ0) is 17.8. The first-order valence-electron chi connectivity index (χ1n) is 10.1. The number of carbonyl (C=O) groups is 1. The first-order chi connectivity index (χ1) is 12.8. The number of hydrogen-bond donors (Lipinski definition) is 1. The maximum atomic E-state index is 12.8. The topological polar surface area (TPSA) is 40.5 Å². The van der Waals surface area contributed by atoms with E-state index in [4.69, 9.17) is 0 Å². The third kappa shape index (κ3) is 4.10. The third-order valence-corrected chi connectivity index (χ3v) is 5.89. The number of hydrogen-bond acceptors (Lipinski definition) is 3. The van der Waals surface area contributed by atoms with Crippen molar-refractivity contribution < 1.29 is 4.79 Å². The molecule has 1 aromatic heterocycles. The number of rotatable bonds is 5. The lowest BCUT2D eigenvalue weighted by atomic mass is 9.97. The fourth-order valence-corrected chi connectivity index (χ4v) is 4.33. The van der Waals surface area contributed by atoms with E-state index in [0.29, 0.717) is 0 Å². The Labute approximate surface area is 155 Å². The van der Waals surface area contributed by atoms with Crippen molar-refractivity contribution in [2.75, 3.05) is 44.7 Å². The smallest absolute Gasteiger partial charge is 0.243 e. The van der Waals surface area contributed by atoms with Crippen LogP contribution in [0.3, 0.4) is 0 Å². The number of nitrogens with zero attached hydrogens (tertiary/aromatic N) is 3. The van der Waals surface area contributed by atoms with Crippen molar-refractivity contribution >= 4 is 16.8 Å². The molecule has 2 fully saturated rings. The minimum atomic E-state index is 0.0891. The number of benzene rings is 1. The van der Waals surface area contributed by atoms with Gasteiger partial charge in [-0.3, -0.25) is 14.9 Å². The quantitative estimate of drug-likeness (QED) is 0.898. The summed E-state index contributed by atoms with van der Waals surface area (Å²) in [6.45, 7) is 6.76. The van der Waals surface area contributed by atoms with Crippen molar-refractivity contribution in [1.82, 2.24) is 14.5 Å². The second kappa shape index (κ2) is 8.23. The normalized spacial score (nSPS) is 22.5. The van der Waals surface area contributed by atoms with Gasteiger partial charge >= 0.3 is 0 Å². The van der Waals surface area contributed by atoms with Gasteiger partial charge in [-0.1, -0.05) is 24.6 Å². The Bertz CT molecular complexity index is 734. The highest BCUT2D eigenvalue weighted by molar-refractivity contribution is 5.89. The van der Waals surface area contributed by atoms with Crippen LogP contribution in [0.1, 0.15) is 32.1 Å². The minimum absolute atomic E-state index is 0.0891. The van der Waals surface area contributed by atoms with Gasteiger partial charge in [0, 0.05) is 31.2 Å². The summed E-state index contributed by atoms with van der Waals surface area (Å²) in [4.78, 5) is 17.9. The molecule has 2 aliphatic rings. The minimum Gasteiger partial charge on any atom is -0.302 e. The van der Waals surface area contributed by atoms with Crippen LogP contribution in [0.15, 0.2) is 36.5 Å². The number of nitrogens with one attached hydrogen (secondary N) is 1. The van der Waals surface area contributed by atoms with Crippen LogP contribution < -0.4 is 5.43 Å². The molecule has 1 amide bonds. The predicted molar refractivity (Wildman–Crippen MR) is 106 cm³/mol. The highest BCUT2D eigenvalue weighted by atomic mass is 16.2. The third-order valence-electron chi connectivity index (χ3n) is 5.89. The molecule has 0 aliphatic carbocycles. The van der Waals surface area contributed by atoms with Gasteiger partial charge < -0.3 is 9.80 Å². The van der Waals surface area contributed by atoms with Gasteiger partial charge in [0.1, 0.15) is 0 Å². The van der Waals surface area contributed by atoms with E-state index in [-0.39, 0.29) is 11.8 Å². The van der Waals surface area contributed by atoms with Crippen LogP contribution in [-0.2, 0) is 4.79 Å². The van der Waals surface area contributed by atoms with E-state index in [1.165, 1.54) is 32.4 Å². The van der Waals surface area contributed by atoms with E-state index in [9.17, 15) is 4.79 Å².